The van der Waals surface area contributed by atoms with Crippen LogP contribution < -0.4 is 16.0 Å². The highest BCUT2D eigenvalue weighted by atomic mass is 35.5. The van der Waals surface area contributed by atoms with Crippen LogP contribution >= 0.6 is 46.6 Å². The topological polar surface area (TPSA) is 87.3 Å². The molecule has 44 heavy (non-hydrogen) atoms. The van der Waals surface area contributed by atoms with Gasteiger partial charge in [0.1, 0.15) is 5.70 Å². The van der Waals surface area contributed by atoms with Crippen molar-refractivity contribution in [1.29, 1.82) is 0 Å². The smallest absolute Gasteiger partial charge is 0.324 e. The second kappa shape index (κ2) is 14.7. The fourth-order valence-electron chi connectivity index (χ4n) is 3.73. The van der Waals surface area contributed by atoms with Crippen LogP contribution in [0.3, 0.4) is 0 Å². The van der Waals surface area contributed by atoms with Crippen molar-refractivity contribution in [2.75, 3.05) is 16.4 Å². The molecule has 0 aromatic heterocycles. The first-order valence-electron chi connectivity index (χ1n) is 12.6. The van der Waals surface area contributed by atoms with Crippen LogP contribution in [0.4, 0.5) is 24.5 Å². The van der Waals surface area contributed by atoms with Gasteiger partial charge in [0, 0.05) is 31.8 Å². The summed E-state index contributed by atoms with van der Waals surface area (Å²) in [6.07, 6.45) is -3.23. The number of hydrogen-bond donors (Lipinski definition) is 3. The van der Waals surface area contributed by atoms with Crippen molar-refractivity contribution in [3.63, 3.8) is 0 Å². The zero-order chi connectivity index (χ0) is 31.9. The molecule has 0 fully saturated rings. The number of nitrogens with one attached hydrogen (secondary N) is 3. The number of carbonyl (C=O) groups is 3. The molecule has 4 aromatic rings. The number of thioether (sulfide) groups is 1. The number of halogens is 6. The summed E-state index contributed by atoms with van der Waals surface area (Å²) in [4.78, 5) is 39.3. The number of rotatable bonds is 9. The fourth-order valence-corrected chi connectivity index (χ4v) is 5.16. The molecule has 4 rings (SSSR count). The predicted molar refractivity (Wildman–Crippen MR) is 169 cm³/mol. The molecule has 3 amide bonds. The van der Waals surface area contributed by atoms with Crippen LogP contribution in [0.15, 0.2) is 102 Å². The third-order valence-electron chi connectivity index (χ3n) is 5.85. The molecule has 0 atom stereocenters. The lowest BCUT2D eigenvalue weighted by atomic mass is 10.1. The Morgan fingerprint density at radius 1 is 0.773 bits per heavy atom. The lowest BCUT2D eigenvalue weighted by molar-refractivity contribution is -0.137. The molecular formula is C31H21Cl3F3N3O3S. The first-order valence-corrected chi connectivity index (χ1v) is 14.8. The Labute approximate surface area is 269 Å². The second-order valence-electron chi connectivity index (χ2n) is 9.02. The summed E-state index contributed by atoms with van der Waals surface area (Å²) < 4.78 is 39.1. The largest absolute Gasteiger partial charge is 0.416 e. The van der Waals surface area contributed by atoms with Crippen LogP contribution in [0.5, 0.6) is 0 Å². The van der Waals surface area contributed by atoms with Crippen molar-refractivity contribution in [3.8, 4) is 0 Å². The minimum Gasteiger partial charge on any atom is -0.324 e. The van der Waals surface area contributed by atoms with Crippen molar-refractivity contribution in [2.24, 2.45) is 0 Å². The molecule has 6 nitrogen and oxygen atoms in total. The van der Waals surface area contributed by atoms with Crippen molar-refractivity contribution in [3.05, 3.63) is 128 Å². The molecule has 0 aliphatic carbocycles. The molecule has 0 aliphatic rings. The highest BCUT2D eigenvalue weighted by molar-refractivity contribution is 8.00. The van der Waals surface area contributed by atoms with E-state index in [1.807, 2.05) is 0 Å². The normalized spacial score (nSPS) is 11.5. The third-order valence-corrected chi connectivity index (χ3v) is 7.83. The Bertz CT molecular complexity index is 1710. The molecule has 3 N–H and O–H groups in total. The number of alkyl halides is 3. The summed E-state index contributed by atoms with van der Waals surface area (Å²) in [5.74, 6) is -1.96. The number of benzene rings is 4. The van der Waals surface area contributed by atoms with E-state index in [1.54, 1.807) is 72.8 Å². The molecule has 0 unspecified atom stereocenters. The van der Waals surface area contributed by atoms with E-state index in [0.717, 1.165) is 30.0 Å². The SMILES string of the molecule is O=C(CSc1cccc(NC(=O)/C(=C\c2c(Cl)cccc2Cl)NC(=O)c2ccccc2)c1)Nc1cc(C(F)(F)F)ccc1Cl. The molecule has 0 radical (unpaired) electrons. The van der Waals surface area contributed by atoms with Crippen molar-refractivity contribution >= 4 is 81.7 Å². The van der Waals surface area contributed by atoms with Crippen molar-refractivity contribution in [1.82, 2.24) is 5.32 Å². The van der Waals surface area contributed by atoms with E-state index >= 15 is 0 Å². The molecule has 0 spiro atoms. The highest BCUT2D eigenvalue weighted by Crippen LogP contribution is 2.34. The summed E-state index contributed by atoms with van der Waals surface area (Å²) in [5, 5.41) is 8.19. The molecule has 4 aromatic carbocycles. The average molecular weight is 679 g/mol. The van der Waals surface area contributed by atoms with Gasteiger partial charge in [-0.05, 0) is 66.7 Å². The monoisotopic (exact) mass is 677 g/mol. The highest BCUT2D eigenvalue weighted by Gasteiger charge is 2.31. The first kappa shape index (κ1) is 32.9. The Hall–Kier alpha value is -3.96. The van der Waals surface area contributed by atoms with E-state index in [-0.39, 0.29) is 32.2 Å². The van der Waals surface area contributed by atoms with E-state index in [9.17, 15) is 27.6 Å². The van der Waals surface area contributed by atoms with E-state index < -0.39 is 29.5 Å². The zero-order valence-electron chi connectivity index (χ0n) is 22.3. The van der Waals surface area contributed by atoms with Gasteiger partial charge in [0.2, 0.25) is 5.91 Å². The first-order chi connectivity index (χ1) is 20.9. The molecule has 0 heterocycles. The molecule has 0 bridgehead atoms. The van der Waals surface area contributed by atoms with Gasteiger partial charge < -0.3 is 16.0 Å². The zero-order valence-corrected chi connectivity index (χ0v) is 25.4. The number of anilines is 2. The van der Waals surface area contributed by atoms with Crippen molar-refractivity contribution < 1.29 is 27.6 Å². The average Bonchev–Trinajstić information content (AvgIpc) is 2.98. The molecule has 0 saturated heterocycles. The summed E-state index contributed by atoms with van der Waals surface area (Å²) in [7, 11) is 0. The minimum absolute atomic E-state index is 0.0395. The fraction of sp³-hybridized carbons (Fsp3) is 0.0645. The quantitative estimate of drug-likeness (QED) is 0.122. The maximum Gasteiger partial charge on any atom is 0.416 e. The van der Waals surface area contributed by atoms with Gasteiger partial charge in [-0.2, -0.15) is 13.2 Å². The van der Waals surface area contributed by atoms with Crippen molar-refractivity contribution in [2.45, 2.75) is 11.1 Å². The summed E-state index contributed by atoms with van der Waals surface area (Å²) >= 11 is 19.6. The number of hydrogen-bond acceptors (Lipinski definition) is 4. The van der Waals surface area contributed by atoms with Gasteiger partial charge in [0.05, 0.1) is 22.0 Å². The Morgan fingerprint density at radius 3 is 2.14 bits per heavy atom. The Balaban J connectivity index is 1.47. The van der Waals surface area contributed by atoms with E-state index in [0.29, 0.717) is 21.7 Å². The maximum atomic E-state index is 13.4. The van der Waals surface area contributed by atoms with Crippen LogP contribution in [0.25, 0.3) is 6.08 Å². The maximum absolute atomic E-state index is 13.4. The summed E-state index contributed by atoms with van der Waals surface area (Å²) in [6.45, 7) is 0. The molecule has 13 heteroatoms. The Kier molecular flexibility index (Phi) is 11.0. The van der Waals surface area contributed by atoms with Gasteiger partial charge in [0.15, 0.2) is 0 Å². The van der Waals surface area contributed by atoms with Crippen LogP contribution in [0.1, 0.15) is 21.5 Å². The predicted octanol–water partition coefficient (Wildman–Crippen LogP) is 8.81. The standard InChI is InChI=1S/C31H21Cl3F3N3O3S/c32-23-10-5-11-24(33)22(23)16-27(40-29(42)18-6-2-1-3-7-18)30(43)38-20-8-4-9-21(15-20)44-17-28(41)39-26-14-19(31(35,36)37)12-13-25(26)34/h1-16H,17H2,(H,38,43)(H,39,41)(H,40,42)/b27-16+. The lowest BCUT2D eigenvalue weighted by Gasteiger charge is -2.13. The summed E-state index contributed by atoms with van der Waals surface area (Å²) in [6, 6.07) is 22.3. The van der Waals surface area contributed by atoms with Crippen LogP contribution in [-0.2, 0) is 15.8 Å². The van der Waals surface area contributed by atoms with Crippen LogP contribution in [0.2, 0.25) is 15.1 Å². The van der Waals surface area contributed by atoms with Crippen LogP contribution in [0, 0.1) is 0 Å². The van der Waals surface area contributed by atoms with E-state index in [1.165, 1.54) is 6.08 Å². The molecular weight excluding hydrogens is 658 g/mol. The lowest BCUT2D eigenvalue weighted by Crippen LogP contribution is -2.30. The molecule has 226 valence electrons. The van der Waals surface area contributed by atoms with E-state index in [4.69, 9.17) is 34.8 Å². The molecule has 0 saturated carbocycles. The summed E-state index contributed by atoms with van der Waals surface area (Å²) in [5.41, 5.74) is -0.261. The van der Waals surface area contributed by atoms with Gasteiger partial charge in [-0.25, -0.2) is 0 Å². The van der Waals surface area contributed by atoms with Gasteiger partial charge in [-0.15, -0.1) is 11.8 Å². The van der Waals surface area contributed by atoms with Gasteiger partial charge in [-0.1, -0.05) is 65.1 Å². The Morgan fingerprint density at radius 2 is 1.45 bits per heavy atom. The van der Waals surface area contributed by atoms with Crippen LogP contribution in [-0.4, -0.2) is 23.5 Å². The molecule has 0 aliphatic heterocycles. The van der Waals surface area contributed by atoms with Gasteiger partial charge >= 0.3 is 6.18 Å². The second-order valence-corrected chi connectivity index (χ2v) is 11.3. The number of carbonyl (C=O) groups excluding carboxylic acids is 3. The minimum atomic E-state index is -4.59. The third kappa shape index (κ3) is 9.03. The van der Waals surface area contributed by atoms with E-state index in [2.05, 4.69) is 16.0 Å². The van der Waals surface area contributed by atoms with Gasteiger partial charge in [0.25, 0.3) is 11.8 Å². The number of amides is 3. The van der Waals surface area contributed by atoms with Gasteiger partial charge in [-0.3, -0.25) is 14.4 Å².